The maximum Gasteiger partial charge on any atom is 0.242 e. The van der Waals surface area contributed by atoms with Crippen molar-refractivity contribution in [2.45, 2.75) is 24.4 Å². The van der Waals surface area contributed by atoms with Gasteiger partial charge in [-0.1, -0.05) is 0 Å². The highest BCUT2D eigenvalue weighted by molar-refractivity contribution is 9.10. The van der Waals surface area contributed by atoms with Crippen LogP contribution in [-0.4, -0.2) is 24.2 Å². The second-order valence-corrected chi connectivity index (χ2v) is 7.09. The first-order valence-corrected chi connectivity index (χ1v) is 8.31. The second kappa shape index (κ2) is 6.12. The highest BCUT2D eigenvalue weighted by Gasteiger charge is 2.22. The Hall–Kier alpha value is -1.45. The number of nitrogens with zero attached hydrogens (tertiary/aromatic N) is 2. The predicted molar refractivity (Wildman–Crippen MR) is 80.5 cm³/mol. The molecule has 1 unspecified atom stereocenters. The zero-order valence-corrected chi connectivity index (χ0v) is 13.5. The van der Waals surface area contributed by atoms with E-state index >= 15 is 0 Å². The lowest BCUT2D eigenvalue weighted by Gasteiger charge is -2.15. The minimum Gasteiger partial charge on any atom is -0.396 e. The van der Waals surface area contributed by atoms with Gasteiger partial charge in [0.15, 0.2) is 0 Å². The molecule has 0 radical (unpaired) electrons. The third-order valence-electron chi connectivity index (χ3n) is 2.72. The summed E-state index contributed by atoms with van der Waals surface area (Å²) >= 11 is 3.04. The van der Waals surface area contributed by atoms with Crippen LogP contribution in [-0.2, 0) is 16.6 Å². The number of nitrogens with one attached hydrogen (secondary N) is 1. The van der Waals surface area contributed by atoms with Gasteiger partial charge in [0.25, 0.3) is 0 Å². The van der Waals surface area contributed by atoms with Crippen LogP contribution in [0, 0.1) is 5.82 Å². The Balaban J connectivity index is 2.20. The summed E-state index contributed by atoms with van der Waals surface area (Å²) in [6.07, 6.45) is 3.34. The molecule has 0 aliphatic heterocycles. The summed E-state index contributed by atoms with van der Waals surface area (Å²) < 4.78 is 42.1. The first-order valence-electron chi connectivity index (χ1n) is 6.04. The SMILES string of the molecule is CC(Cn1cccn1)NS(=O)(=O)c1cc(N)c(F)cc1Br. The van der Waals surface area contributed by atoms with Gasteiger partial charge in [-0.15, -0.1) is 0 Å². The Morgan fingerprint density at radius 3 is 2.86 bits per heavy atom. The Kier molecular flexibility index (Phi) is 4.64. The van der Waals surface area contributed by atoms with Crippen molar-refractivity contribution in [3.05, 3.63) is 40.9 Å². The minimum atomic E-state index is -3.82. The number of nitrogens with two attached hydrogens (primary N) is 1. The number of aromatic nitrogens is 2. The molecule has 2 aromatic rings. The van der Waals surface area contributed by atoms with Crippen LogP contribution < -0.4 is 10.5 Å². The lowest BCUT2D eigenvalue weighted by molar-refractivity contribution is 0.493. The topological polar surface area (TPSA) is 90.0 Å². The van der Waals surface area contributed by atoms with E-state index < -0.39 is 21.9 Å². The van der Waals surface area contributed by atoms with E-state index in [-0.39, 0.29) is 15.1 Å². The van der Waals surface area contributed by atoms with Crippen LogP contribution in [0.2, 0.25) is 0 Å². The van der Waals surface area contributed by atoms with E-state index in [2.05, 4.69) is 25.8 Å². The summed E-state index contributed by atoms with van der Waals surface area (Å²) in [5.74, 6) is -0.676. The number of halogens is 2. The normalized spacial score (nSPS) is 13.3. The fraction of sp³-hybridized carbons (Fsp3) is 0.250. The first-order chi connectivity index (χ1) is 9.79. The van der Waals surface area contributed by atoms with Gasteiger partial charge in [-0.3, -0.25) is 4.68 Å². The summed E-state index contributed by atoms with van der Waals surface area (Å²) in [5, 5.41) is 4.01. The Morgan fingerprint density at radius 2 is 2.24 bits per heavy atom. The Morgan fingerprint density at radius 1 is 1.52 bits per heavy atom. The van der Waals surface area contributed by atoms with Crippen LogP contribution in [0.1, 0.15) is 6.92 Å². The van der Waals surface area contributed by atoms with Gasteiger partial charge in [-0.05, 0) is 41.1 Å². The Bertz CT molecular complexity index is 734. The molecule has 0 aliphatic carbocycles. The van der Waals surface area contributed by atoms with Crippen molar-refractivity contribution in [2.24, 2.45) is 0 Å². The largest absolute Gasteiger partial charge is 0.396 e. The molecular formula is C12H14BrFN4O2S. The second-order valence-electron chi connectivity index (χ2n) is 4.55. The third-order valence-corrected chi connectivity index (χ3v) is 5.27. The van der Waals surface area contributed by atoms with Crippen LogP contribution in [0.15, 0.2) is 40.0 Å². The van der Waals surface area contributed by atoms with Gasteiger partial charge in [0.2, 0.25) is 10.0 Å². The molecule has 0 bridgehead atoms. The van der Waals surface area contributed by atoms with E-state index in [1.807, 2.05) is 0 Å². The van der Waals surface area contributed by atoms with E-state index in [9.17, 15) is 12.8 Å². The number of nitrogen functional groups attached to an aromatic ring is 1. The number of hydrogen-bond acceptors (Lipinski definition) is 4. The quantitative estimate of drug-likeness (QED) is 0.777. The molecule has 0 fully saturated rings. The molecule has 114 valence electrons. The number of hydrogen-bond donors (Lipinski definition) is 2. The molecule has 0 aliphatic rings. The third kappa shape index (κ3) is 3.80. The van der Waals surface area contributed by atoms with E-state index in [4.69, 9.17) is 5.73 Å². The van der Waals surface area contributed by atoms with Crippen molar-refractivity contribution in [2.75, 3.05) is 5.73 Å². The molecule has 2 rings (SSSR count). The molecule has 0 saturated carbocycles. The molecule has 1 aromatic carbocycles. The van der Waals surface area contributed by atoms with E-state index in [0.717, 1.165) is 12.1 Å². The van der Waals surface area contributed by atoms with Gasteiger partial charge in [-0.2, -0.15) is 5.10 Å². The molecule has 1 atom stereocenters. The zero-order valence-electron chi connectivity index (χ0n) is 11.1. The first kappa shape index (κ1) is 15.9. The molecule has 0 saturated heterocycles. The zero-order chi connectivity index (χ0) is 15.6. The van der Waals surface area contributed by atoms with Crippen LogP contribution in [0.25, 0.3) is 0 Å². The Labute approximate surface area is 130 Å². The molecule has 0 amide bonds. The van der Waals surface area contributed by atoms with Gasteiger partial charge < -0.3 is 5.73 Å². The lowest BCUT2D eigenvalue weighted by Crippen LogP contribution is -2.36. The monoisotopic (exact) mass is 376 g/mol. The fourth-order valence-corrected chi connectivity index (χ4v) is 4.09. The van der Waals surface area contributed by atoms with E-state index in [0.29, 0.717) is 6.54 Å². The highest BCUT2D eigenvalue weighted by Crippen LogP contribution is 2.26. The van der Waals surface area contributed by atoms with Gasteiger partial charge in [-0.25, -0.2) is 17.5 Å². The average Bonchev–Trinajstić information content (AvgIpc) is 2.85. The van der Waals surface area contributed by atoms with Gasteiger partial charge >= 0.3 is 0 Å². The fourth-order valence-electron chi connectivity index (χ4n) is 1.81. The smallest absolute Gasteiger partial charge is 0.242 e. The number of benzene rings is 1. The summed E-state index contributed by atoms with van der Waals surface area (Å²) in [5.41, 5.74) is 5.20. The van der Waals surface area contributed by atoms with Crippen molar-refractivity contribution in [3.8, 4) is 0 Å². The molecule has 1 aromatic heterocycles. The molecular weight excluding hydrogens is 363 g/mol. The van der Waals surface area contributed by atoms with Gasteiger partial charge in [0, 0.05) is 22.9 Å². The molecule has 3 N–H and O–H groups in total. The van der Waals surface area contributed by atoms with Crippen molar-refractivity contribution in [3.63, 3.8) is 0 Å². The highest BCUT2D eigenvalue weighted by atomic mass is 79.9. The molecule has 9 heteroatoms. The molecule has 21 heavy (non-hydrogen) atoms. The van der Waals surface area contributed by atoms with Crippen LogP contribution in [0.3, 0.4) is 0 Å². The predicted octanol–water partition coefficient (Wildman–Crippen LogP) is 1.73. The van der Waals surface area contributed by atoms with E-state index in [1.54, 1.807) is 30.1 Å². The molecule has 6 nitrogen and oxygen atoms in total. The molecule has 0 spiro atoms. The van der Waals surface area contributed by atoms with Crippen LogP contribution in [0.4, 0.5) is 10.1 Å². The summed E-state index contributed by atoms with van der Waals surface area (Å²) in [6.45, 7) is 2.08. The maximum absolute atomic E-state index is 13.3. The summed E-state index contributed by atoms with van der Waals surface area (Å²) in [7, 11) is -3.82. The van der Waals surface area contributed by atoms with Crippen LogP contribution in [0.5, 0.6) is 0 Å². The van der Waals surface area contributed by atoms with E-state index in [1.165, 1.54) is 0 Å². The number of anilines is 1. The average molecular weight is 377 g/mol. The van der Waals surface area contributed by atoms with Crippen molar-refractivity contribution >= 4 is 31.6 Å². The number of sulfonamides is 1. The van der Waals surface area contributed by atoms with Crippen LogP contribution >= 0.6 is 15.9 Å². The number of rotatable bonds is 5. The van der Waals surface area contributed by atoms with Crippen molar-refractivity contribution < 1.29 is 12.8 Å². The lowest BCUT2D eigenvalue weighted by atomic mass is 10.3. The minimum absolute atomic E-state index is 0.103. The van der Waals surface area contributed by atoms with Gasteiger partial charge in [0.05, 0.1) is 17.1 Å². The summed E-state index contributed by atoms with van der Waals surface area (Å²) in [4.78, 5) is -0.103. The van der Waals surface area contributed by atoms with Crippen molar-refractivity contribution in [1.82, 2.24) is 14.5 Å². The maximum atomic E-state index is 13.3. The van der Waals surface area contributed by atoms with Gasteiger partial charge in [0.1, 0.15) is 5.82 Å². The summed E-state index contributed by atoms with van der Waals surface area (Å²) in [6, 6.07) is 3.47. The van der Waals surface area contributed by atoms with Crippen molar-refractivity contribution in [1.29, 1.82) is 0 Å². The standard InChI is InChI=1S/C12H14BrFN4O2S/c1-8(7-18-4-2-3-16-18)17-21(19,20)12-6-11(15)10(14)5-9(12)13/h2-6,8,17H,7,15H2,1H3. The molecule has 1 heterocycles.